The van der Waals surface area contributed by atoms with Gasteiger partial charge in [0.05, 0.1) is 11.1 Å². The van der Waals surface area contributed by atoms with Gasteiger partial charge in [0.25, 0.3) is 0 Å². The highest BCUT2D eigenvalue weighted by Crippen LogP contribution is 2.32. The minimum absolute atomic E-state index is 0.0538. The van der Waals surface area contributed by atoms with E-state index < -0.39 is 5.97 Å². The maximum atomic E-state index is 11.1. The Morgan fingerprint density at radius 1 is 1.03 bits per heavy atom. The fourth-order valence-electron chi connectivity index (χ4n) is 4.46. The predicted molar refractivity (Wildman–Crippen MR) is 127 cm³/mol. The SMILES string of the molecule is Cc1nc2c3c(-c4ccccc4)nc(N4CCN(C)CC4)nc3nn2c(C)c1CCC(=O)O. The van der Waals surface area contributed by atoms with E-state index in [0.29, 0.717) is 23.7 Å². The van der Waals surface area contributed by atoms with E-state index in [1.165, 1.54) is 0 Å². The number of fused-ring (bicyclic) bond motifs is 3. The Kier molecular flexibility index (Phi) is 5.41. The van der Waals surface area contributed by atoms with Crippen molar-refractivity contribution in [1.82, 2.24) is 29.5 Å². The third-order valence-corrected chi connectivity index (χ3v) is 6.38. The molecule has 1 saturated heterocycles. The Morgan fingerprint density at radius 2 is 1.76 bits per heavy atom. The number of hydrogen-bond donors (Lipinski definition) is 1. The Labute approximate surface area is 191 Å². The number of benzene rings is 1. The average molecular weight is 446 g/mol. The van der Waals surface area contributed by atoms with E-state index in [1.807, 2.05) is 44.2 Å². The van der Waals surface area contributed by atoms with Gasteiger partial charge >= 0.3 is 5.97 Å². The molecule has 170 valence electrons. The number of piperazine rings is 1. The van der Waals surface area contributed by atoms with Crippen molar-refractivity contribution >= 4 is 28.6 Å². The Bertz CT molecular complexity index is 1340. The second-order valence-corrected chi connectivity index (χ2v) is 8.62. The van der Waals surface area contributed by atoms with E-state index in [2.05, 4.69) is 16.8 Å². The van der Waals surface area contributed by atoms with Gasteiger partial charge in [-0.2, -0.15) is 4.98 Å². The van der Waals surface area contributed by atoms with E-state index in [1.54, 1.807) is 4.52 Å². The fourth-order valence-corrected chi connectivity index (χ4v) is 4.46. The summed E-state index contributed by atoms with van der Waals surface area (Å²) in [6.07, 6.45) is 0.466. The van der Waals surface area contributed by atoms with Crippen LogP contribution in [-0.2, 0) is 11.2 Å². The van der Waals surface area contributed by atoms with Gasteiger partial charge in [0.1, 0.15) is 0 Å². The lowest BCUT2D eigenvalue weighted by molar-refractivity contribution is -0.136. The Morgan fingerprint density at radius 3 is 2.45 bits per heavy atom. The Hall–Kier alpha value is -3.59. The highest BCUT2D eigenvalue weighted by Gasteiger charge is 2.23. The first-order valence-corrected chi connectivity index (χ1v) is 11.2. The Balaban J connectivity index is 1.73. The largest absolute Gasteiger partial charge is 0.481 e. The minimum Gasteiger partial charge on any atom is -0.481 e. The van der Waals surface area contributed by atoms with Gasteiger partial charge in [0, 0.05) is 49.6 Å². The summed E-state index contributed by atoms with van der Waals surface area (Å²) in [6.45, 7) is 7.52. The minimum atomic E-state index is -0.825. The van der Waals surface area contributed by atoms with Gasteiger partial charge in [-0.3, -0.25) is 4.79 Å². The van der Waals surface area contributed by atoms with Gasteiger partial charge in [0.15, 0.2) is 11.3 Å². The van der Waals surface area contributed by atoms with Crippen LogP contribution in [0, 0.1) is 13.8 Å². The predicted octanol–water partition coefficient (Wildman–Crippen LogP) is 2.73. The molecule has 0 amide bonds. The molecule has 3 aromatic heterocycles. The van der Waals surface area contributed by atoms with Gasteiger partial charge in [-0.1, -0.05) is 30.3 Å². The molecule has 0 spiro atoms. The van der Waals surface area contributed by atoms with Crippen molar-refractivity contribution in [2.75, 3.05) is 38.1 Å². The number of rotatable bonds is 5. The molecule has 0 unspecified atom stereocenters. The molecule has 9 nitrogen and oxygen atoms in total. The number of aromatic nitrogens is 5. The first-order valence-electron chi connectivity index (χ1n) is 11.2. The first kappa shape index (κ1) is 21.3. The van der Waals surface area contributed by atoms with Crippen LogP contribution in [0.15, 0.2) is 30.3 Å². The number of aliphatic carboxylic acids is 1. The zero-order valence-electron chi connectivity index (χ0n) is 19.1. The number of carbonyl (C=O) groups is 1. The first-order chi connectivity index (χ1) is 15.9. The highest BCUT2D eigenvalue weighted by atomic mass is 16.4. The van der Waals surface area contributed by atoms with Gasteiger partial charge in [-0.25, -0.2) is 14.5 Å². The number of carboxylic acids is 1. The number of likely N-dealkylation sites (N-methyl/N-ethyl adjacent to an activating group) is 1. The van der Waals surface area contributed by atoms with Crippen LogP contribution in [0.1, 0.15) is 23.4 Å². The van der Waals surface area contributed by atoms with Gasteiger partial charge in [-0.15, -0.1) is 5.10 Å². The molecule has 9 heteroatoms. The lowest BCUT2D eigenvalue weighted by Crippen LogP contribution is -2.45. The van der Waals surface area contributed by atoms with Crippen LogP contribution >= 0.6 is 0 Å². The fraction of sp³-hybridized carbons (Fsp3) is 0.375. The number of aryl methyl sites for hydroxylation is 2. The number of nitrogens with zero attached hydrogens (tertiary/aromatic N) is 7. The molecule has 0 bridgehead atoms. The number of anilines is 1. The molecule has 4 heterocycles. The van der Waals surface area contributed by atoms with E-state index in [0.717, 1.165) is 59.8 Å². The van der Waals surface area contributed by atoms with Gasteiger partial charge in [-0.05, 0) is 32.9 Å². The van der Waals surface area contributed by atoms with Crippen LogP contribution in [0.5, 0.6) is 0 Å². The molecule has 0 aliphatic carbocycles. The second kappa shape index (κ2) is 8.40. The topological polar surface area (TPSA) is 99.8 Å². The maximum Gasteiger partial charge on any atom is 0.303 e. The summed E-state index contributed by atoms with van der Waals surface area (Å²) in [6, 6.07) is 10.1. The van der Waals surface area contributed by atoms with E-state index >= 15 is 0 Å². The summed E-state index contributed by atoms with van der Waals surface area (Å²) in [5.74, 6) is -0.146. The zero-order chi connectivity index (χ0) is 23.1. The molecule has 1 N–H and O–H groups in total. The van der Waals surface area contributed by atoms with Gasteiger partial charge < -0.3 is 14.9 Å². The second-order valence-electron chi connectivity index (χ2n) is 8.62. The molecule has 5 rings (SSSR count). The lowest BCUT2D eigenvalue weighted by atomic mass is 10.1. The molecule has 1 fully saturated rings. The molecular formula is C24H27N7O2. The molecule has 4 aromatic rings. The normalized spacial score (nSPS) is 14.9. The summed E-state index contributed by atoms with van der Waals surface area (Å²) in [4.78, 5) is 30.4. The molecule has 1 aromatic carbocycles. The third kappa shape index (κ3) is 3.89. The van der Waals surface area contributed by atoms with Crippen molar-refractivity contribution in [3.05, 3.63) is 47.3 Å². The smallest absolute Gasteiger partial charge is 0.303 e. The van der Waals surface area contributed by atoms with Gasteiger partial charge in [0.2, 0.25) is 5.95 Å². The quantitative estimate of drug-likeness (QED) is 0.501. The molecule has 1 aliphatic heterocycles. The van der Waals surface area contributed by atoms with Crippen molar-refractivity contribution in [3.63, 3.8) is 0 Å². The van der Waals surface area contributed by atoms with Crippen LogP contribution in [-0.4, -0.2) is 73.8 Å². The van der Waals surface area contributed by atoms with Crippen molar-refractivity contribution in [2.45, 2.75) is 26.7 Å². The standard InChI is InChI=1S/C24H27N7O2/c1-15-18(9-10-19(32)33)16(2)31-23(25-15)20-21(17-7-5-4-6-8-17)26-24(27-22(20)28-31)30-13-11-29(3)12-14-30/h4-8H,9-14H2,1-3H3,(H,32,33). The molecule has 33 heavy (non-hydrogen) atoms. The number of hydrogen-bond acceptors (Lipinski definition) is 7. The highest BCUT2D eigenvalue weighted by molar-refractivity contribution is 6.01. The van der Waals surface area contributed by atoms with Crippen molar-refractivity contribution in [2.24, 2.45) is 0 Å². The molecule has 1 aliphatic rings. The van der Waals surface area contributed by atoms with Crippen LogP contribution in [0.3, 0.4) is 0 Å². The van der Waals surface area contributed by atoms with Crippen LogP contribution < -0.4 is 4.90 Å². The lowest BCUT2D eigenvalue weighted by Gasteiger charge is -2.32. The van der Waals surface area contributed by atoms with Crippen molar-refractivity contribution in [3.8, 4) is 11.3 Å². The molecule has 0 radical (unpaired) electrons. The monoisotopic (exact) mass is 445 g/mol. The van der Waals surface area contributed by atoms with Crippen LogP contribution in [0.2, 0.25) is 0 Å². The van der Waals surface area contributed by atoms with Crippen LogP contribution in [0.4, 0.5) is 5.95 Å². The van der Waals surface area contributed by atoms with E-state index in [9.17, 15) is 4.79 Å². The maximum absolute atomic E-state index is 11.1. The third-order valence-electron chi connectivity index (χ3n) is 6.38. The summed E-state index contributed by atoms with van der Waals surface area (Å²) < 4.78 is 1.80. The number of carboxylic acid groups (broad SMARTS) is 1. The summed E-state index contributed by atoms with van der Waals surface area (Å²) in [5.41, 5.74) is 5.70. The van der Waals surface area contributed by atoms with E-state index in [-0.39, 0.29) is 6.42 Å². The van der Waals surface area contributed by atoms with Crippen LogP contribution in [0.25, 0.3) is 27.9 Å². The van der Waals surface area contributed by atoms with E-state index in [4.69, 9.17) is 25.2 Å². The average Bonchev–Trinajstić information content (AvgIpc) is 3.18. The molecular weight excluding hydrogens is 418 g/mol. The molecule has 0 atom stereocenters. The summed E-state index contributed by atoms with van der Waals surface area (Å²) in [5, 5.41) is 14.8. The summed E-state index contributed by atoms with van der Waals surface area (Å²) in [7, 11) is 2.12. The zero-order valence-corrected chi connectivity index (χ0v) is 19.1. The summed E-state index contributed by atoms with van der Waals surface area (Å²) >= 11 is 0. The van der Waals surface area contributed by atoms with Crippen molar-refractivity contribution < 1.29 is 9.90 Å². The molecule has 0 saturated carbocycles. The van der Waals surface area contributed by atoms with Crippen molar-refractivity contribution in [1.29, 1.82) is 0 Å².